The number of rotatable bonds is 4. The van der Waals surface area contributed by atoms with E-state index in [0.717, 1.165) is 5.69 Å². The van der Waals surface area contributed by atoms with Crippen LogP contribution in [0.2, 0.25) is 0 Å². The third kappa shape index (κ3) is 2.46. The number of para-hydroxylation sites is 1. The number of anilines is 2. The van der Waals surface area contributed by atoms with Crippen LogP contribution in [0, 0.1) is 0 Å². The molecule has 1 amide bonds. The molecule has 0 aliphatic carbocycles. The average molecular weight is 261 g/mol. The first-order chi connectivity index (χ1) is 8.59. The van der Waals surface area contributed by atoms with Gasteiger partial charge in [0.25, 0.3) is 5.91 Å². The molecule has 4 nitrogen and oxygen atoms in total. The zero-order chi connectivity index (χ0) is 13.1. The van der Waals surface area contributed by atoms with Crippen LogP contribution in [0.15, 0.2) is 35.7 Å². The van der Waals surface area contributed by atoms with E-state index < -0.39 is 5.91 Å². The number of benzene rings is 1. The van der Waals surface area contributed by atoms with Gasteiger partial charge in [-0.05, 0) is 30.5 Å². The average Bonchev–Trinajstić information content (AvgIpc) is 2.85. The first kappa shape index (κ1) is 12.4. The van der Waals surface area contributed by atoms with Crippen LogP contribution in [-0.2, 0) is 0 Å². The van der Waals surface area contributed by atoms with Gasteiger partial charge < -0.3 is 16.8 Å². The van der Waals surface area contributed by atoms with Gasteiger partial charge in [-0.25, -0.2) is 0 Å². The van der Waals surface area contributed by atoms with Gasteiger partial charge in [-0.3, -0.25) is 4.79 Å². The number of carbonyl (C=O) groups is 1. The molecule has 1 aromatic carbocycles. The van der Waals surface area contributed by atoms with E-state index in [1.165, 1.54) is 4.88 Å². The molecule has 2 rings (SSSR count). The Morgan fingerprint density at radius 2 is 2.11 bits per heavy atom. The predicted octanol–water partition coefficient (Wildman–Crippen LogP) is 2.60. The van der Waals surface area contributed by atoms with Crippen molar-refractivity contribution in [1.82, 2.24) is 0 Å². The van der Waals surface area contributed by atoms with E-state index in [-0.39, 0.29) is 6.04 Å². The van der Waals surface area contributed by atoms with E-state index in [9.17, 15) is 4.79 Å². The highest BCUT2D eigenvalue weighted by atomic mass is 32.1. The van der Waals surface area contributed by atoms with Crippen molar-refractivity contribution in [3.8, 4) is 0 Å². The molecule has 94 valence electrons. The Bertz CT molecular complexity index is 551. The minimum Gasteiger partial charge on any atom is -0.396 e. The van der Waals surface area contributed by atoms with Gasteiger partial charge >= 0.3 is 0 Å². The highest BCUT2D eigenvalue weighted by Crippen LogP contribution is 2.28. The van der Waals surface area contributed by atoms with Gasteiger partial charge in [0, 0.05) is 4.88 Å². The molecule has 0 saturated heterocycles. The zero-order valence-corrected chi connectivity index (χ0v) is 10.8. The van der Waals surface area contributed by atoms with Crippen LogP contribution in [0.1, 0.15) is 28.2 Å². The van der Waals surface area contributed by atoms with E-state index in [1.807, 2.05) is 24.4 Å². The number of primary amides is 1. The van der Waals surface area contributed by atoms with Crippen LogP contribution in [0.5, 0.6) is 0 Å². The van der Waals surface area contributed by atoms with Gasteiger partial charge in [0.2, 0.25) is 0 Å². The van der Waals surface area contributed by atoms with Gasteiger partial charge in [-0.1, -0.05) is 12.1 Å². The van der Waals surface area contributed by atoms with Crippen molar-refractivity contribution in [3.05, 3.63) is 46.2 Å². The largest absolute Gasteiger partial charge is 0.396 e. The van der Waals surface area contributed by atoms with E-state index >= 15 is 0 Å². The highest BCUT2D eigenvalue weighted by molar-refractivity contribution is 7.10. The molecule has 18 heavy (non-hydrogen) atoms. The molecule has 0 spiro atoms. The first-order valence-corrected chi connectivity index (χ1v) is 6.46. The van der Waals surface area contributed by atoms with Crippen molar-refractivity contribution in [2.75, 3.05) is 11.1 Å². The summed E-state index contributed by atoms with van der Waals surface area (Å²) in [6.07, 6.45) is 0. The quantitative estimate of drug-likeness (QED) is 0.740. The Morgan fingerprint density at radius 3 is 2.72 bits per heavy atom. The van der Waals surface area contributed by atoms with Crippen molar-refractivity contribution in [1.29, 1.82) is 0 Å². The van der Waals surface area contributed by atoms with Crippen LogP contribution < -0.4 is 16.8 Å². The number of nitrogen functional groups attached to an aromatic ring is 1. The van der Waals surface area contributed by atoms with E-state index in [2.05, 4.69) is 11.4 Å². The Morgan fingerprint density at radius 1 is 1.33 bits per heavy atom. The fourth-order valence-corrected chi connectivity index (χ4v) is 2.48. The standard InChI is InChI=1S/C13H15N3OS/c1-8(11-6-3-7-18-11)16-10-5-2-4-9(12(10)14)13(15)17/h2-8,16H,14H2,1H3,(H2,15,17). The Labute approximate surface area is 110 Å². The number of nitrogens with one attached hydrogen (secondary N) is 1. The van der Waals surface area contributed by atoms with Crippen LogP contribution in [0.25, 0.3) is 0 Å². The highest BCUT2D eigenvalue weighted by Gasteiger charge is 2.12. The lowest BCUT2D eigenvalue weighted by molar-refractivity contribution is 0.100. The molecule has 5 heteroatoms. The van der Waals surface area contributed by atoms with Crippen molar-refractivity contribution in [3.63, 3.8) is 0 Å². The maximum Gasteiger partial charge on any atom is 0.250 e. The van der Waals surface area contributed by atoms with E-state index in [1.54, 1.807) is 23.5 Å². The molecule has 1 unspecified atom stereocenters. The SMILES string of the molecule is CC(Nc1cccc(C(N)=O)c1N)c1cccs1. The second-order valence-electron chi connectivity index (χ2n) is 4.01. The Hall–Kier alpha value is -2.01. The number of carbonyl (C=O) groups excluding carboxylic acids is 1. The number of thiophene rings is 1. The molecule has 0 bridgehead atoms. The van der Waals surface area contributed by atoms with Crippen LogP contribution in [0.3, 0.4) is 0 Å². The molecule has 1 atom stereocenters. The summed E-state index contributed by atoms with van der Waals surface area (Å²) < 4.78 is 0. The number of amides is 1. The maximum atomic E-state index is 11.2. The summed E-state index contributed by atoms with van der Waals surface area (Å²) in [6.45, 7) is 2.04. The van der Waals surface area contributed by atoms with Crippen molar-refractivity contribution >= 4 is 28.6 Å². The van der Waals surface area contributed by atoms with Gasteiger partial charge in [0.1, 0.15) is 0 Å². The summed E-state index contributed by atoms with van der Waals surface area (Å²) in [5.41, 5.74) is 12.7. The molecule has 1 aromatic heterocycles. The van der Waals surface area contributed by atoms with Crippen molar-refractivity contribution in [2.45, 2.75) is 13.0 Å². The Balaban J connectivity index is 2.24. The molecule has 1 heterocycles. The number of nitrogens with two attached hydrogens (primary N) is 2. The number of hydrogen-bond acceptors (Lipinski definition) is 4. The molecular weight excluding hydrogens is 246 g/mol. The molecule has 0 fully saturated rings. The summed E-state index contributed by atoms with van der Waals surface area (Å²) in [6, 6.07) is 9.41. The first-order valence-electron chi connectivity index (χ1n) is 5.58. The summed E-state index contributed by atoms with van der Waals surface area (Å²) >= 11 is 1.67. The van der Waals surface area contributed by atoms with Gasteiger partial charge in [0.15, 0.2) is 0 Å². The van der Waals surface area contributed by atoms with Crippen LogP contribution in [-0.4, -0.2) is 5.91 Å². The minimum absolute atomic E-state index is 0.135. The monoisotopic (exact) mass is 261 g/mol. The van der Waals surface area contributed by atoms with Crippen molar-refractivity contribution in [2.24, 2.45) is 5.73 Å². The molecule has 0 aliphatic rings. The lowest BCUT2D eigenvalue weighted by Crippen LogP contribution is -2.15. The molecule has 0 saturated carbocycles. The van der Waals surface area contributed by atoms with Crippen LogP contribution >= 0.6 is 11.3 Å². The fourth-order valence-electron chi connectivity index (χ4n) is 1.75. The molecule has 0 aliphatic heterocycles. The van der Waals surface area contributed by atoms with Gasteiger partial charge in [0.05, 0.1) is 23.0 Å². The summed E-state index contributed by atoms with van der Waals surface area (Å²) in [7, 11) is 0. The third-order valence-electron chi connectivity index (χ3n) is 2.71. The topological polar surface area (TPSA) is 81.1 Å². The zero-order valence-electron chi connectivity index (χ0n) is 10.0. The second kappa shape index (κ2) is 5.10. The lowest BCUT2D eigenvalue weighted by atomic mass is 10.1. The van der Waals surface area contributed by atoms with Gasteiger partial charge in [-0.15, -0.1) is 11.3 Å². The normalized spacial score (nSPS) is 12.1. The smallest absolute Gasteiger partial charge is 0.250 e. The molecule has 5 N–H and O–H groups in total. The summed E-state index contributed by atoms with van der Waals surface area (Å²) in [5, 5.41) is 5.31. The second-order valence-corrected chi connectivity index (χ2v) is 4.99. The van der Waals surface area contributed by atoms with Crippen LogP contribution in [0.4, 0.5) is 11.4 Å². The van der Waals surface area contributed by atoms with E-state index in [0.29, 0.717) is 11.3 Å². The number of hydrogen-bond donors (Lipinski definition) is 3. The van der Waals surface area contributed by atoms with Gasteiger partial charge in [-0.2, -0.15) is 0 Å². The minimum atomic E-state index is -0.514. The third-order valence-corrected chi connectivity index (χ3v) is 3.77. The Kier molecular flexibility index (Phi) is 3.53. The molecular formula is C13H15N3OS. The lowest BCUT2D eigenvalue weighted by Gasteiger charge is -2.16. The summed E-state index contributed by atoms with van der Waals surface area (Å²) in [5.74, 6) is -0.514. The predicted molar refractivity (Wildman–Crippen MR) is 75.7 cm³/mol. The maximum absolute atomic E-state index is 11.2. The molecule has 2 aromatic rings. The molecule has 0 radical (unpaired) electrons. The summed E-state index contributed by atoms with van der Waals surface area (Å²) in [4.78, 5) is 12.4. The van der Waals surface area contributed by atoms with Crippen molar-refractivity contribution < 1.29 is 4.79 Å². The fraction of sp³-hybridized carbons (Fsp3) is 0.154. The van der Waals surface area contributed by atoms with E-state index in [4.69, 9.17) is 11.5 Å².